The fourth-order valence-corrected chi connectivity index (χ4v) is 2.20. The van der Waals surface area contributed by atoms with Crippen molar-refractivity contribution in [3.8, 4) is 0 Å². The van der Waals surface area contributed by atoms with Gasteiger partial charge in [-0.3, -0.25) is 4.79 Å². The second kappa shape index (κ2) is 6.01. The van der Waals surface area contributed by atoms with Crippen molar-refractivity contribution in [2.45, 2.75) is 45.6 Å². The fourth-order valence-electron chi connectivity index (χ4n) is 2.20. The van der Waals surface area contributed by atoms with E-state index in [2.05, 4.69) is 31.3 Å². The van der Waals surface area contributed by atoms with Gasteiger partial charge in [-0.1, -0.05) is 45.0 Å². The van der Waals surface area contributed by atoms with Crippen LogP contribution < -0.4 is 5.32 Å². The molecule has 1 aromatic rings. The van der Waals surface area contributed by atoms with Gasteiger partial charge >= 0.3 is 5.97 Å². The standard InChI is InChI=1S/C15H23NO2/c1-5-16-15(4,10-14(17)18)13-8-6-12(7-9-13)11(2)3/h6-9,11,16H,5,10H2,1-4H3,(H,17,18). The van der Waals surface area contributed by atoms with Gasteiger partial charge in [-0.2, -0.15) is 0 Å². The van der Waals surface area contributed by atoms with E-state index < -0.39 is 11.5 Å². The molecule has 3 nitrogen and oxygen atoms in total. The number of hydrogen-bond acceptors (Lipinski definition) is 2. The molecule has 1 atom stereocenters. The van der Waals surface area contributed by atoms with Crippen LogP contribution in [0.5, 0.6) is 0 Å². The molecule has 0 aliphatic carbocycles. The van der Waals surface area contributed by atoms with Gasteiger partial charge in [0.1, 0.15) is 0 Å². The van der Waals surface area contributed by atoms with E-state index in [1.54, 1.807) is 0 Å². The van der Waals surface area contributed by atoms with Crippen molar-refractivity contribution in [1.82, 2.24) is 5.32 Å². The second-order valence-corrected chi connectivity index (χ2v) is 5.21. The molecule has 1 unspecified atom stereocenters. The van der Waals surface area contributed by atoms with Gasteiger partial charge in [0.05, 0.1) is 12.0 Å². The summed E-state index contributed by atoms with van der Waals surface area (Å²) in [5, 5.41) is 12.3. The van der Waals surface area contributed by atoms with E-state index in [9.17, 15) is 4.79 Å². The molecule has 0 spiro atoms. The SMILES string of the molecule is CCNC(C)(CC(=O)O)c1ccc(C(C)C)cc1. The van der Waals surface area contributed by atoms with Crippen LogP contribution in [0.3, 0.4) is 0 Å². The van der Waals surface area contributed by atoms with Crippen LogP contribution in [0.4, 0.5) is 0 Å². The lowest BCUT2D eigenvalue weighted by Crippen LogP contribution is -2.41. The average molecular weight is 249 g/mol. The Morgan fingerprint density at radius 1 is 1.33 bits per heavy atom. The van der Waals surface area contributed by atoms with Gasteiger partial charge in [-0.05, 0) is 30.5 Å². The third kappa shape index (κ3) is 3.57. The quantitative estimate of drug-likeness (QED) is 0.814. The lowest BCUT2D eigenvalue weighted by atomic mass is 9.87. The van der Waals surface area contributed by atoms with E-state index in [4.69, 9.17) is 5.11 Å². The number of carboxylic acid groups (broad SMARTS) is 1. The zero-order valence-corrected chi connectivity index (χ0v) is 11.7. The Morgan fingerprint density at radius 2 is 1.89 bits per heavy atom. The summed E-state index contributed by atoms with van der Waals surface area (Å²) in [6.45, 7) is 8.97. The van der Waals surface area contributed by atoms with Crippen LogP contribution in [0.15, 0.2) is 24.3 Å². The fraction of sp³-hybridized carbons (Fsp3) is 0.533. The monoisotopic (exact) mass is 249 g/mol. The predicted molar refractivity (Wildman–Crippen MR) is 73.8 cm³/mol. The maximum atomic E-state index is 11.0. The van der Waals surface area contributed by atoms with Crippen LogP contribution in [-0.2, 0) is 10.3 Å². The Labute approximate surface area is 109 Å². The molecule has 1 aromatic carbocycles. The molecule has 0 aromatic heterocycles. The average Bonchev–Trinajstić information content (AvgIpc) is 2.28. The number of carboxylic acids is 1. The van der Waals surface area contributed by atoms with Crippen molar-refractivity contribution >= 4 is 5.97 Å². The van der Waals surface area contributed by atoms with Crippen molar-refractivity contribution in [2.24, 2.45) is 0 Å². The Balaban J connectivity index is 3.02. The summed E-state index contributed by atoms with van der Waals surface area (Å²) in [4.78, 5) is 11.0. The van der Waals surface area contributed by atoms with Crippen molar-refractivity contribution in [2.75, 3.05) is 6.54 Å². The molecule has 0 bridgehead atoms. The molecular formula is C15H23NO2. The minimum absolute atomic E-state index is 0.0852. The van der Waals surface area contributed by atoms with Crippen LogP contribution in [-0.4, -0.2) is 17.6 Å². The summed E-state index contributed by atoms with van der Waals surface area (Å²) in [6.07, 6.45) is 0.0852. The van der Waals surface area contributed by atoms with Gasteiger partial charge in [0, 0.05) is 0 Å². The van der Waals surface area contributed by atoms with Crippen molar-refractivity contribution < 1.29 is 9.90 Å². The molecular weight excluding hydrogens is 226 g/mol. The largest absolute Gasteiger partial charge is 0.481 e. The molecule has 0 amide bonds. The molecule has 1 rings (SSSR count). The molecule has 3 heteroatoms. The number of rotatable bonds is 6. The predicted octanol–water partition coefficient (Wildman–Crippen LogP) is 3.11. The van der Waals surface area contributed by atoms with Gasteiger partial charge in [0.25, 0.3) is 0 Å². The summed E-state index contributed by atoms with van der Waals surface area (Å²) in [5.41, 5.74) is 1.79. The van der Waals surface area contributed by atoms with Crippen LogP contribution in [0.1, 0.15) is 51.2 Å². The Hall–Kier alpha value is -1.35. The number of aliphatic carboxylic acids is 1. The summed E-state index contributed by atoms with van der Waals surface area (Å²) < 4.78 is 0. The summed E-state index contributed by atoms with van der Waals surface area (Å²) >= 11 is 0. The summed E-state index contributed by atoms with van der Waals surface area (Å²) in [6, 6.07) is 8.22. The lowest BCUT2D eigenvalue weighted by molar-refractivity contribution is -0.138. The van der Waals surface area contributed by atoms with Crippen molar-refractivity contribution in [1.29, 1.82) is 0 Å². The number of nitrogens with one attached hydrogen (secondary N) is 1. The zero-order chi connectivity index (χ0) is 13.8. The van der Waals surface area contributed by atoms with Gasteiger partial charge in [0.15, 0.2) is 0 Å². The number of carbonyl (C=O) groups is 1. The van der Waals surface area contributed by atoms with Crippen LogP contribution in [0.2, 0.25) is 0 Å². The summed E-state index contributed by atoms with van der Waals surface area (Å²) in [5.74, 6) is -0.296. The van der Waals surface area contributed by atoms with Crippen LogP contribution in [0, 0.1) is 0 Å². The molecule has 18 heavy (non-hydrogen) atoms. The highest BCUT2D eigenvalue weighted by atomic mass is 16.4. The van der Waals surface area contributed by atoms with E-state index in [-0.39, 0.29) is 6.42 Å². The highest BCUT2D eigenvalue weighted by molar-refractivity contribution is 5.68. The Morgan fingerprint density at radius 3 is 2.28 bits per heavy atom. The van der Waals surface area contributed by atoms with Crippen LogP contribution >= 0.6 is 0 Å². The third-order valence-corrected chi connectivity index (χ3v) is 3.29. The minimum atomic E-state index is -0.786. The van der Waals surface area contributed by atoms with E-state index in [1.165, 1.54) is 5.56 Å². The maximum absolute atomic E-state index is 11.0. The zero-order valence-electron chi connectivity index (χ0n) is 11.7. The molecule has 2 N–H and O–H groups in total. The first kappa shape index (κ1) is 14.7. The van der Waals surface area contributed by atoms with Gasteiger partial charge in [-0.15, -0.1) is 0 Å². The minimum Gasteiger partial charge on any atom is -0.481 e. The molecule has 100 valence electrons. The van der Waals surface area contributed by atoms with E-state index in [0.29, 0.717) is 5.92 Å². The molecule has 0 radical (unpaired) electrons. The molecule has 0 saturated heterocycles. The highest BCUT2D eigenvalue weighted by Gasteiger charge is 2.28. The molecule has 0 fully saturated rings. The Bertz CT molecular complexity index is 397. The third-order valence-electron chi connectivity index (χ3n) is 3.29. The smallest absolute Gasteiger partial charge is 0.305 e. The Kier molecular flexibility index (Phi) is 4.91. The van der Waals surface area contributed by atoms with E-state index in [0.717, 1.165) is 12.1 Å². The lowest BCUT2D eigenvalue weighted by Gasteiger charge is -2.30. The van der Waals surface area contributed by atoms with Crippen molar-refractivity contribution in [3.05, 3.63) is 35.4 Å². The molecule has 0 heterocycles. The molecule has 0 saturated carbocycles. The van der Waals surface area contributed by atoms with E-state index >= 15 is 0 Å². The van der Waals surface area contributed by atoms with Crippen LogP contribution in [0.25, 0.3) is 0 Å². The first-order valence-electron chi connectivity index (χ1n) is 6.46. The number of benzene rings is 1. The topological polar surface area (TPSA) is 49.3 Å². The van der Waals surface area contributed by atoms with Gasteiger partial charge < -0.3 is 10.4 Å². The first-order valence-corrected chi connectivity index (χ1v) is 6.46. The molecule has 0 aliphatic heterocycles. The van der Waals surface area contributed by atoms with Crippen molar-refractivity contribution in [3.63, 3.8) is 0 Å². The molecule has 0 aliphatic rings. The van der Waals surface area contributed by atoms with E-state index in [1.807, 2.05) is 26.0 Å². The van der Waals surface area contributed by atoms with Gasteiger partial charge in [-0.25, -0.2) is 0 Å². The first-order chi connectivity index (χ1) is 8.39. The normalized spacial score (nSPS) is 14.5. The second-order valence-electron chi connectivity index (χ2n) is 5.21. The maximum Gasteiger partial charge on any atom is 0.305 e. The summed E-state index contributed by atoms with van der Waals surface area (Å²) in [7, 11) is 0. The number of hydrogen-bond donors (Lipinski definition) is 2. The highest BCUT2D eigenvalue weighted by Crippen LogP contribution is 2.26. The van der Waals surface area contributed by atoms with Gasteiger partial charge in [0.2, 0.25) is 0 Å².